The van der Waals surface area contributed by atoms with E-state index in [0.717, 1.165) is 24.1 Å². The highest BCUT2D eigenvalue weighted by Gasteiger charge is 2.28. The van der Waals surface area contributed by atoms with Gasteiger partial charge in [-0.25, -0.2) is 4.79 Å². The third kappa shape index (κ3) is 4.44. The summed E-state index contributed by atoms with van der Waals surface area (Å²) in [6.45, 7) is 5.55. The summed E-state index contributed by atoms with van der Waals surface area (Å²) < 4.78 is 5.34. The minimum Gasteiger partial charge on any atom is -0.381 e. The van der Waals surface area contributed by atoms with E-state index in [0.29, 0.717) is 13.2 Å². The summed E-state index contributed by atoms with van der Waals surface area (Å²) in [6.07, 6.45) is 1.69. The normalized spacial score (nSPS) is 18.8. The van der Waals surface area contributed by atoms with E-state index in [4.69, 9.17) is 4.74 Å². The molecule has 1 aliphatic rings. The quantitative estimate of drug-likeness (QED) is 0.799. The number of hydrogen-bond acceptors (Lipinski definition) is 3. The highest BCUT2D eigenvalue weighted by Crippen LogP contribution is 2.21. The minimum atomic E-state index is -0.182. The number of anilines is 1. The van der Waals surface area contributed by atoms with Crippen molar-refractivity contribution in [2.75, 3.05) is 25.6 Å². The van der Waals surface area contributed by atoms with Gasteiger partial charge in [0.25, 0.3) is 0 Å². The molecule has 1 aromatic carbocycles. The highest BCUT2D eigenvalue weighted by atomic mass is 16.5. The van der Waals surface area contributed by atoms with Crippen molar-refractivity contribution in [3.63, 3.8) is 0 Å². The number of rotatable bonds is 4. The molecule has 1 fully saturated rings. The maximum atomic E-state index is 12.2. The predicted octanol–water partition coefficient (Wildman–Crippen LogP) is 2.66. The van der Waals surface area contributed by atoms with Crippen molar-refractivity contribution >= 4 is 11.7 Å². The zero-order valence-electron chi connectivity index (χ0n) is 13.0. The van der Waals surface area contributed by atoms with Gasteiger partial charge in [-0.15, -0.1) is 0 Å². The molecule has 0 bridgehead atoms. The van der Waals surface area contributed by atoms with Gasteiger partial charge in [0, 0.05) is 30.5 Å². The molecule has 2 amide bonds. The molecule has 0 aromatic heterocycles. The van der Waals surface area contributed by atoms with Crippen LogP contribution in [0.3, 0.4) is 0 Å². The van der Waals surface area contributed by atoms with Crippen molar-refractivity contribution in [3.05, 3.63) is 29.8 Å². The van der Waals surface area contributed by atoms with Gasteiger partial charge in [0.1, 0.15) is 0 Å². The van der Waals surface area contributed by atoms with Crippen LogP contribution >= 0.6 is 0 Å². The predicted molar refractivity (Wildman–Crippen MR) is 84.5 cm³/mol. The van der Waals surface area contributed by atoms with Crippen LogP contribution in [0.2, 0.25) is 0 Å². The van der Waals surface area contributed by atoms with Crippen LogP contribution in [-0.4, -0.2) is 31.8 Å². The van der Waals surface area contributed by atoms with E-state index in [1.54, 1.807) is 0 Å². The van der Waals surface area contributed by atoms with Crippen molar-refractivity contribution in [2.24, 2.45) is 0 Å². The van der Waals surface area contributed by atoms with E-state index in [2.05, 4.69) is 29.8 Å². The van der Waals surface area contributed by atoms with E-state index in [1.165, 1.54) is 0 Å². The smallest absolute Gasteiger partial charge is 0.319 e. The fourth-order valence-electron chi connectivity index (χ4n) is 2.44. The van der Waals surface area contributed by atoms with Crippen LogP contribution in [0.25, 0.3) is 0 Å². The Morgan fingerprint density at radius 1 is 1.33 bits per heavy atom. The van der Waals surface area contributed by atoms with E-state index in [1.807, 2.05) is 31.3 Å². The zero-order valence-corrected chi connectivity index (χ0v) is 13.0. The Hall–Kier alpha value is -1.59. The maximum Gasteiger partial charge on any atom is 0.319 e. The number of urea groups is 1. The Morgan fingerprint density at radius 2 is 2.05 bits per heavy atom. The second kappa shape index (κ2) is 6.91. The fourth-order valence-corrected chi connectivity index (χ4v) is 2.44. The number of amides is 2. The van der Waals surface area contributed by atoms with Crippen LogP contribution in [0.5, 0.6) is 0 Å². The lowest BCUT2D eigenvalue weighted by Crippen LogP contribution is -2.51. The third-order valence-corrected chi connectivity index (χ3v) is 4.09. The summed E-state index contributed by atoms with van der Waals surface area (Å²) in [5, 5.41) is 9.17. The second-order valence-corrected chi connectivity index (χ2v) is 5.89. The van der Waals surface area contributed by atoms with Gasteiger partial charge in [0.05, 0.1) is 0 Å². The zero-order chi connectivity index (χ0) is 15.3. The van der Waals surface area contributed by atoms with Crippen molar-refractivity contribution in [2.45, 2.75) is 38.3 Å². The number of ether oxygens (including phenoxy) is 1. The second-order valence-electron chi connectivity index (χ2n) is 5.89. The number of carbonyl (C=O) groups excluding carboxylic acids is 1. The van der Waals surface area contributed by atoms with Gasteiger partial charge in [0.15, 0.2) is 0 Å². The highest BCUT2D eigenvalue weighted by molar-refractivity contribution is 5.89. The minimum absolute atomic E-state index is 0.159. The van der Waals surface area contributed by atoms with E-state index >= 15 is 0 Å². The van der Waals surface area contributed by atoms with E-state index in [-0.39, 0.29) is 17.6 Å². The van der Waals surface area contributed by atoms with Gasteiger partial charge in [-0.05, 0) is 51.4 Å². The van der Waals surface area contributed by atoms with Crippen LogP contribution < -0.4 is 16.0 Å². The monoisotopic (exact) mass is 291 g/mol. The molecule has 1 unspecified atom stereocenters. The van der Waals surface area contributed by atoms with Gasteiger partial charge < -0.3 is 20.7 Å². The lowest BCUT2D eigenvalue weighted by molar-refractivity contribution is 0.0500. The summed E-state index contributed by atoms with van der Waals surface area (Å²) in [4.78, 5) is 12.2. The van der Waals surface area contributed by atoms with Crippen LogP contribution in [0.15, 0.2) is 24.3 Å². The average Bonchev–Trinajstić information content (AvgIpc) is 2.46. The van der Waals surface area contributed by atoms with Gasteiger partial charge in [0.2, 0.25) is 0 Å². The van der Waals surface area contributed by atoms with Crippen LogP contribution in [-0.2, 0) is 4.74 Å². The molecular weight excluding hydrogens is 266 g/mol. The van der Waals surface area contributed by atoms with E-state index in [9.17, 15) is 4.79 Å². The van der Waals surface area contributed by atoms with Gasteiger partial charge in [-0.2, -0.15) is 0 Å². The first-order chi connectivity index (χ1) is 10.0. The summed E-state index contributed by atoms with van der Waals surface area (Å²) in [5.74, 6) is 0. The topological polar surface area (TPSA) is 62.4 Å². The molecule has 21 heavy (non-hydrogen) atoms. The summed E-state index contributed by atoms with van der Waals surface area (Å²) in [5.41, 5.74) is 1.77. The van der Waals surface area contributed by atoms with Crippen molar-refractivity contribution in [3.8, 4) is 0 Å². The molecule has 1 saturated heterocycles. The summed E-state index contributed by atoms with van der Waals surface area (Å²) in [6, 6.07) is 7.99. The first kappa shape index (κ1) is 15.8. The average molecular weight is 291 g/mol. The molecule has 1 heterocycles. The third-order valence-electron chi connectivity index (χ3n) is 4.09. The molecule has 5 heteroatoms. The Kier molecular flexibility index (Phi) is 5.20. The Labute approximate surface area is 126 Å². The lowest BCUT2D eigenvalue weighted by atomic mass is 9.93. The van der Waals surface area contributed by atoms with Crippen LogP contribution in [0.1, 0.15) is 38.3 Å². The molecule has 2 rings (SSSR count). The number of hydrogen-bond donors (Lipinski definition) is 3. The van der Waals surface area contributed by atoms with Crippen molar-refractivity contribution < 1.29 is 9.53 Å². The molecule has 0 saturated carbocycles. The number of carbonyl (C=O) groups is 1. The van der Waals surface area contributed by atoms with Crippen LogP contribution in [0, 0.1) is 0 Å². The largest absolute Gasteiger partial charge is 0.381 e. The lowest BCUT2D eigenvalue weighted by Gasteiger charge is -2.34. The molecule has 116 valence electrons. The molecule has 0 spiro atoms. The maximum absolute atomic E-state index is 12.2. The van der Waals surface area contributed by atoms with Crippen LogP contribution in [0.4, 0.5) is 10.5 Å². The SMILES string of the molecule is CNC(C)c1cccc(NC(=O)NC2(C)CCOCC2)c1. The van der Waals surface area contributed by atoms with Gasteiger partial charge in [-0.1, -0.05) is 12.1 Å². The molecule has 1 atom stereocenters. The summed E-state index contributed by atoms with van der Waals surface area (Å²) in [7, 11) is 1.92. The number of benzene rings is 1. The molecular formula is C16H25N3O2. The molecule has 1 aromatic rings. The van der Waals surface area contributed by atoms with Crippen molar-refractivity contribution in [1.29, 1.82) is 0 Å². The first-order valence-electron chi connectivity index (χ1n) is 7.46. The molecule has 3 N–H and O–H groups in total. The molecule has 0 aliphatic carbocycles. The fraction of sp³-hybridized carbons (Fsp3) is 0.562. The first-order valence-corrected chi connectivity index (χ1v) is 7.46. The summed E-state index contributed by atoms with van der Waals surface area (Å²) >= 11 is 0. The molecule has 1 aliphatic heterocycles. The number of nitrogens with one attached hydrogen (secondary N) is 3. The van der Waals surface area contributed by atoms with Crippen molar-refractivity contribution in [1.82, 2.24) is 10.6 Å². The molecule has 5 nitrogen and oxygen atoms in total. The molecule has 0 radical (unpaired) electrons. The Balaban J connectivity index is 1.96. The van der Waals surface area contributed by atoms with Gasteiger partial charge in [-0.3, -0.25) is 0 Å². The van der Waals surface area contributed by atoms with E-state index < -0.39 is 0 Å². The van der Waals surface area contributed by atoms with Gasteiger partial charge >= 0.3 is 6.03 Å². The standard InChI is InChI=1S/C16H25N3O2/c1-12(17-3)13-5-4-6-14(11-13)18-15(20)19-16(2)7-9-21-10-8-16/h4-6,11-12,17H,7-10H2,1-3H3,(H2,18,19,20). The Bertz CT molecular complexity index is 484. The Morgan fingerprint density at radius 3 is 2.71 bits per heavy atom.